The number of carboxylic acids is 1. The number of rotatable bonds is 5. The van der Waals surface area contributed by atoms with Crippen LogP contribution in [0.5, 0.6) is 5.75 Å². The van der Waals surface area contributed by atoms with Crippen LogP contribution in [-0.4, -0.2) is 21.3 Å². The zero-order valence-electron chi connectivity index (χ0n) is 13.8. The molecule has 0 aliphatic carbocycles. The van der Waals surface area contributed by atoms with Crippen LogP contribution in [0.25, 0.3) is 11.1 Å². The van der Waals surface area contributed by atoms with Crippen molar-refractivity contribution in [1.82, 2.24) is 10.2 Å². The molecular formula is C19H13F3N2O3. The number of aromatic carboxylic acids is 1. The molecule has 0 radical (unpaired) electrons. The molecule has 0 unspecified atom stereocenters. The molecule has 1 heterocycles. The van der Waals surface area contributed by atoms with Gasteiger partial charge in [-0.2, -0.15) is 23.4 Å². The maximum absolute atomic E-state index is 13.1. The van der Waals surface area contributed by atoms with E-state index in [1.807, 2.05) is 0 Å². The number of ether oxygens (including phenoxy) is 1. The topological polar surface area (TPSA) is 72.3 Å². The number of hydrogen-bond donors (Lipinski definition) is 1. The van der Waals surface area contributed by atoms with Crippen LogP contribution in [0.1, 0.15) is 21.5 Å². The Balaban J connectivity index is 1.89. The summed E-state index contributed by atoms with van der Waals surface area (Å²) < 4.78 is 44.8. The van der Waals surface area contributed by atoms with Crippen LogP contribution < -0.4 is 4.74 Å². The number of carboxylic acid groups (broad SMARTS) is 1. The number of alkyl halides is 3. The van der Waals surface area contributed by atoms with Crippen LogP contribution in [0.15, 0.2) is 60.9 Å². The zero-order valence-corrected chi connectivity index (χ0v) is 13.8. The van der Waals surface area contributed by atoms with Gasteiger partial charge in [0.1, 0.15) is 12.4 Å². The van der Waals surface area contributed by atoms with E-state index in [0.29, 0.717) is 11.1 Å². The summed E-state index contributed by atoms with van der Waals surface area (Å²) in [5, 5.41) is 16.2. The van der Waals surface area contributed by atoms with Gasteiger partial charge in [-0.3, -0.25) is 0 Å². The third-order valence-corrected chi connectivity index (χ3v) is 3.80. The number of benzene rings is 2. The van der Waals surface area contributed by atoms with Crippen LogP contribution in [0, 0.1) is 0 Å². The molecule has 3 aromatic rings. The molecule has 0 saturated carbocycles. The van der Waals surface area contributed by atoms with Gasteiger partial charge in [-0.05, 0) is 42.0 Å². The maximum atomic E-state index is 13.1. The van der Waals surface area contributed by atoms with Gasteiger partial charge in [-0.1, -0.05) is 12.1 Å². The number of carbonyl (C=O) groups is 1. The van der Waals surface area contributed by atoms with Crippen molar-refractivity contribution in [3.8, 4) is 16.9 Å². The summed E-state index contributed by atoms with van der Waals surface area (Å²) in [6.07, 6.45) is -1.76. The second kappa shape index (κ2) is 7.45. The van der Waals surface area contributed by atoms with Crippen LogP contribution in [0.3, 0.4) is 0 Å². The fourth-order valence-electron chi connectivity index (χ4n) is 2.41. The molecule has 0 amide bonds. The van der Waals surface area contributed by atoms with E-state index in [4.69, 9.17) is 9.84 Å². The van der Waals surface area contributed by atoms with Crippen LogP contribution in [0.2, 0.25) is 0 Å². The highest BCUT2D eigenvalue weighted by Gasteiger charge is 2.31. The molecule has 1 aromatic heterocycles. The first-order valence-electron chi connectivity index (χ1n) is 7.78. The van der Waals surface area contributed by atoms with Crippen molar-refractivity contribution in [3.05, 3.63) is 77.6 Å². The van der Waals surface area contributed by atoms with Gasteiger partial charge in [0.25, 0.3) is 0 Å². The van der Waals surface area contributed by atoms with Gasteiger partial charge in [0.05, 0.1) is 23.5 Å². The highest BCUT2D eigenvalue weighted by atomic mass is 19.4. The van der Waals surface area contributed by atoms with E-state index in [1.54, 1.807) is 12.1 Å². The van der Waals surface area contributed by atoms with Gasteiger partial charge in [0.2, 0.25) is 0 Å². The van der Waals surface area contributed by atoms with Crippen molar-refractivity contribution < 1.29 is 27.8 Å². The molecule has 0 fully saturated rings. The first-order chi connectivity index (χ1) is 12.8. The predicted molar refractivity (Wildman–Crippen MR) is 90.2 cm³/mol. The third kappa shape index (κ3) is 4.41. The summed E-state index contributed by atoms with van der Waals surface area (Å²) in [5.41, 5.74) is 0.692. The number of nitrogens with zero attached hydrogens (tertiary/aromatic N) is 2. The molecule has 0 aliphatic heterocycles. The lowest BCUT2D eigenvalue weighted by atomic mass is 10.0. The van der Waals surface area contributed by atoms with Crippen molar-refractivity contribution >= 4 is 5.97 Å². The molecule has 8 heteroatoms. The Bertz CT molecular complexity index is 943. The van der Waals surface area contributed by atoms with Gasteiger partial charge >= 0.3 is 12.1 Å². The molecule has 0 aliphatic rings. The molecule has 3 rings (SSSR count). The van der Waals surface area contributed by atoms with Crippen molar-refractivity contribution in [1.29, 1.82) is 0 Å². The minimum atomic E-state index is -4.49. The quantitative estimate of drug-likeness (QED) is 0.715. The zero-order chi connectivity index (χ0) is 19.4. The lowest BCUT2D eigenvalue weighted by molar-refractivity contribution is -0.137. The lowest BCUT2D eigenvalue weighted by Crippen LogP contribution is -2.06. The summed E-state index contributed by atoms with van der Waals surface area (Å²) in [6, 6.07) is 10.8. The Morgan fingerprint density at radius 2 is 1.78 bits per heavy atom. The van der Waals surface area contributed by atoms with Gasteiger partial charge in [-0.25, -0.2) is 4.79 Å². The van der Waals surface area contributed by atoms with E-state index in [2.05, 4.69) is 10.2 Å². The second-order valence-corrected chi connectivity index (χ2v) is 5.63. The Kier molecular flexibility index (Phi) is 5.07. The molecular weight excluding hydrogens is 361 g/mol. The van der Waals surface area contributed by atoms with Crippen LogP contribution >= 0.6 is 0 Å². The number of aromatic nitrogens is 2. The average Bonchev–Trinajstić information content (AvgIpc) is 2.66. The van der Waals surface area contributed by atoms with Crippen molar-refractivity contribution in [2.45, 2.75) is 12.8 Å². The van der Waals surface area contributed by atoms with Gasteiger partial charge in [0, 0.05) is 11.1 Å². The molecule has 0 saturated heterocycles. The molecule has 27 heavy (non-hydrogen) atoms. The fourth-order valence-corrected chi connectivity index (χ4v) is 2.41. The largest absolute Gasteiger partial charge is 0.488 e. The molecule has 5 nitrogen and oxygen atoms in total. The second-order valence-electron chi connectivity index (χ2n) is 5.63. The molecule has 1 N–H and O–H groups in total. The van der Waals surface area contributed by atoms with E-state index in [0.717, 1.165) is 12.1 Å². The monoisotopic (exact) mass is 374 g/mol. The smallest absolute Gasteiger partial charge is 0.416 e. The van der Waals surface area contributed by atoms with Crippen molar-refractivity contribution in [2.24, 2.45) is 0 Å². The molecule has 0 atom stereocenters. The van der Waals surface area contributed by atoms with E-state index < -0.39 is 17.7 Å². The normalized spacial score (nSPS) is 11.2. The third-order valence-electron chi connectivity index (χ3n) is 3.80. The Morgan fingerprint density at radius 3 is 2.37 bits per heavy atom. The first kappa shape index (κ1) is 18.4. The average molecular weight is 374 g/mol. The fraction of sp³-hybridized carbons (Fsp3) is 0.105. The van der Waals surface area contributed by atoms with Gasteiger partial charge < -0.3 is 9.84 Å². The highest BCUT2D eigenvalue weighted by Crippen LogP contribution is 2.37. The van der Waals surface area contributed by atoms with Crippen molar-refractivity contribution in [3.63, 3.8) is 0 Å². The van der Waals surface area contributed by atoms with E-state index in [-0.39, 0.29) is 23.5 Å². The summed E-state index contributed by atoms with van der Waals surface area (Å²) in [5.74, 6) is -0.795. The predicted octanol–water partition coefficient (Wildman–Crippen LogP) is 4.44. The lowest BCUT2D eigenvalue weighted by Gasteiger charge is -2.15. The van der Waals surface area contributed by atoms with Gasteiger partial charge in [-0.15, -0.1) is 0 Å². The Labute approximate surface area is 152 Å². The maximum Gasteiger partial charge on any atom is 0.416 e. The van der Waals surface area contributed by atoms with Crippen molar-refractivity contribution in [2.75, 3.05) is 0 Å². The standard InChI is InChI=1S/C19H13F3N2O3/c20-19(21,22)15-5-6-17(16(9-15)14-7-8-23-24-10-14)27-11-12-1-3-13(4-2-12)18(25)26/h1-10H,11H2,(H,25,26). The van der Waals surface area contributed by atoms with Crippen LogP contribution in [0.4, 0.5) is 13.2 Å². The molecule has 0 bridgehead atoms. The summed E-state index contributed by atoms with van der Waals surface area (Å²) in [7, 11) is 0. The highest BCUT2D eigenvalue weighted by molar-refractivity contribution is 5.87. The summed E-state index contributed by atoms with van der Waals surface area (Å²) >= 11 is 0. The minimum absolute atomic E-state index is 0.0662. The summed E-state index contributed by atoms with van der Waals surface area (Å²) in [4.78, 5) is 10.9. The van der Waals surface area contributed by atoms with E-state index in [9.17, 15) is 18.0 Å². The van der Waals surface area contributed by atoms with Crippen LogP contribution in [-0.2, 0) is 12.8 Å². The Hall–Kier alpha value is -3.42. The molecule has 2 aromatic carbocycles. The number of hydrogen-bond acceptors (Lipinski definition) is 4. The molecule has 138 valence electrons. The summed E-state index contributed by atoms with van der Waals surface area (Å²) in [6.45, 7) is 0.0662. The first-order valence-corrected chi connectivity index (χ1v) is 7.78. The Morgan fingerprint density at radius 1 is 1.04 bits per heavy atom. The molecule has 0 spiro atoms. The minimum Gasteiger partial charge on any atom is -0.488 e. The van der Waals surface area contributed by atoms with Gasteiger partial charge in [0.15, 0.2) is 0 Å². The van der Waals surface area contributed by atoms with E-state index in [1.165, 1.54) is 36.7 Å². The van der Waals surface area contributed by atoms with E-state index >= 15 is 0 Å². The SMILES string of the molecule is O=C(O)c1ccc(COc2ccc(C(F)(F)F)cc2-c2ccnnc2)cc1. The number of halogens is 3.